The second-order valence-corrected chi connectivity index (χ2v) is 3.81. The number of methoxy groups -OCH3 is 2. The zero-order valence-corrected chi connectivity index (χ0v) is 10.9. The summed E-state index contributed by atoms with van der Waals surface area (Å²) in [6.07, 6.45) is 0. The van der Waals surface area contributed by atoms with Gasteiger partial charge in [-0.05, 0) is 17.7 Å². The number of hydrogen-bond acceptors (Lipinski definition) is 5. The average molecular weight is 260 g/mol. The minimum Gasteiger partial charge on any atom is -0.493 e. The number of nitrogens with two attached hydrogens (primary N) is 1. The Labute approximate surface area is 111 Å². The van der Waals surface area contributed by atoms with Crippen molar-refractivity contribution in [2.24, 2.45) is 5.73 Å². The first-order valence-corrected chi connectivity index (χ1v) is 5.82. The number of nitrogens with zero attached hydrogens (tertiary/aromatic N) is 1. The zero-order valence-electron chi connectivity index (χ0n) is 10.9. The number of ether oxygens (including phenoxy) is 3. The van der Waals surface area contributed by atoms with Gasteiger partial charge in [0.25, 0.3) is 0 Å². The van der Waals surface area contributed by atoms with E-state index in [1.54, 1.807) is 26.4 Å². The van der Waals surface area contributed by atoms with Crippen LogP contribution in [-0.2, 0) is 6.54 Å². The third-order valence-corrected chi connectivity index (χ3v) is 2.59. The van der Waals surface area contributed by atoms with Crippen molar-refractivity contribution in [2.75, 3.05) is 14.2 Å². The predicted molar refractivity (Wildman–Crippen MR) is 71.7 cm³/mol. The van der Waals surface area contributed by atoms with E-state index in [1.165, 1.54) is 0 Å². The highest BCUT2D eigenvalue weighted by Gasteiger charge is 2.08. The standard InChI is InChI=1S/C14H16N2O3/c1-17-12-8-10(9-15)6-7-11(12)19-14-5-3-4-13(16-14)18-2/h3-8H,9,15H2,1-2H3. The lowest BCUT2D eigenvalue weighted by Crippen LogP contribution is -1.98. The highest BCUT2D eigenvalue weighted by Crippen LogP contribution is 2.31. The molecular weight excluding hydrogens is 244 g/mol. The molecule has 0 spiro atoms. The largest absolute Gasteiger partial charge is 0.493 e. The maximum Gasteiger partial charge on any atom is 0.222 e. The van der Waals surface area contributed by atoms with Gasteiger partial charge in [-0.3, -0.25) is 0 Å². The van der Waals surface area contributed by atoms with E-state index in [2.05, 4.69) is 4.98 Å². The molecular formula is C14H16N2O3. The van der Waals surface area contributed by atoms with E-state index in [-0.39, 0.29) is 0 Å². The maximum absolute atomic E-state index is 5.69. The van der Waals surface area contributed by atoms with E-state index in [9.17, 15) is 0 Å². The Kier molecular flexibility index (Phi) is 4.20. The van der Waals surface area contributed by atoms with Crippen molar-refractivity contribution < 1.29 is 14.2 Å². The van der Waals surface area contributed by atoms with Crippen molar-refractivity contribution in [1.82, 2.24) is 4.98 Å². The molecule has 1 heterocycles. The molecule has 0 aliphatic carbocycles. The van der Waals surface area contributed by atoms with Crippen LogP contribution in [0, 0.1) is 0 Å². The first-order valence-electron chi connectivity index (χ1n) is 5.82. The Balaban J connectivity index is 2.26. The molecule has 0 amide bonds. The monoisotopic (exact) mass is 260 g/mol. The fourth-order valence-corrected chi connectivity index (χ4v) is 1.60. The van der Waals surface area contributed by atoms with Crippen LogP contribution in [0.5, 0.6) is 23.3 Å². The van der Waals surface area contributed by atoms with Crippen LogP contribution in [0.2, 0.25) is 0 Å². The van der Waals surface area contributed by atoms with Crippen LogP contribution in [0.1, 0.15) is 5.56 Å². The van der Waals surface area contributed by atoms with Gasteiger partial charge >= 0.3 is 0 Å². The van der Waals surface area contributed by atoms with E-state index >= 15 is 0 Å². The number of pyridine rings is 1. The van der Waals surface area contributed by atoms with Gasteiger partial charge in [0.05, 0.1) is 14.2 Å². The molecule has 0 atom stereocenters. The van der Waals surface area contributed by atoms with Gasteiger partial charge in [0.2, 0.25) is 11.8 Å². The summed E-state index contributed by atoms with van der Waals surface area (Å²) in [5, 5.41) is 0. The van der Waals surface area contributed by atoms with Crippen molar-refractivity contribution in [3.05, 3.63) is 42.0 Å². The van der Waals surface area contributed by atoms with E-state index in [0.29, 0.717) is 29.8 Å². The Bertz CT molecular complexity index is 558. The lowest BCUT2D eigenvalue weighted by atomic mass is 10.2. The van der Waals surface area contributed by atoms with Crippen LogP contribution in [0.25, 0.3) is 0 Å². The van der Waals surface area contributed by atoms with Gasteiger partial charge in [-0.1, -0.05) is 12.1 Å². The molecule has 0 aliphatic rings. The van der Waals surface area contributed by atoms with Gasteiger partial charge in [-0.25, -0.2) is 0 Å². The van der Waals surface area contributed by atoms with E-state index in [4.69, 9.17) is 19.9 Å². The van der Waals surface area contributed by atoms with Gasteiger partial charge in [0.1, 0.15) is 0 Å². The molecule has 0 bridgehead atoms. The lowest BCUT2D eigenvalue weighted by molar-refractivity contribution is 0.362. The van der Waals surface area contributed by atoms with Crippen molar-refractivity contribution in [3.63, 3.8) is 0 Å². The summed E-state index contributed by atoms with van der Waals surface area (Å²) in [6, 6.07) is 10.8. The van der Waals surface area contributed by atoms with Gasteiger partial charge in [0, 0.05) is 18.7 Å². The number of rotatable bonds is 5. The van der Waals surface area contributed by atoms with Crippen LogP contribution in [0.15, 0.2) is 36.4 Å². The first kappa shape index (κ1) is 13.2. The van der Waals surface area contributed by atoms with E-state index < -0.39 is 0 Å². The van der Waals surface area contributed by atoms with Gasteiger partial charge in [-0.2, -0.15) is 4.98 Å². The fourth-order valence-electron chi connectivity index (χ4n) is 1.60. The van der Waals surface area contributed by atoms with E-state index in [1.807, 2.05) is 24.3 Å². The summed E-state index contributed by atoms with van der Waals surface area (Å²) in [7, 11) is 3.14. The normalized spacial score (nSPS) is 10.1. The van der Waals surface area contributed by atoms with Crippen molar-refractivity contribution >= 4 is 0 Å². The smallest absolute Gasteiger partial charge is 0.222 e. The maximum atomic E-state index is 5.69. The van der Waals surface area contributed by atoms with Crippen molar-refractivity contribution in [1.29, 1.82) is 0 Å². The number of aromatic nitrogens is 1. The predicted octanol–water partition coefficient (Wildman–Crippen LogP) is 2.35. The summed E-state index contributed by atoms with van der Waals surface area (Å²) in [5.41, 5.74) is 6.56. The SMILES string of the molecule is COc1cccc(Oc2ccc(CN)cc2OC)n1. The molecule has 0 saturated carbocycles. The summed E-state index contributed by atoms with van der Waals surface area (Å²) < 4.78 is 16.0. The van der Waals surface area contributed by atoms with Crippen LogP contribution < -0.4 is 19.9 Å². The van der Waals surface area contributed by atoms with Crippen LogP contribution >= 0.6 is 0 Å². The molecule has 19 heavy (non-hydrogen) atoms. The van der Waals surface area contributed by atoms with Crippen LogP contribution in [-0.4, -0.2) is 19.2 Å². The lowest BCUT2D eigenvalue weighted by Gasteiger charge is -2.11. The molecule has 5 heteroatoms. The second-order valence-electron chi connectivity index (χ2n) is 3.81. The molecule has 0 aliphatic heterocycles. The molecule has 0 fully saturated rings. The second kappa shape index (κ2) is 6.06. The Morgan fingerprint density at radius 2 is 1.79 bits per heavy atom. The molecule has 0 saturated heterocycles. The average Bonchev–Trinajstić information content (AvgIpc) is 2.48. The third kappa shape index (κ3) is 3.14. The van der Waals surface area contributed by atoms with Crippen molar-refractivity contribution in [2.45, 2.75) is 6.54 Å². The molecule has 2 rings (SSSR count). The Morgan fingerprint density at radius 3 is 2.47 bits per heavy atom. The summed E-state index contributed by atoms with van der Waals surface area (Å²) >= 11 is 0. The van der Waals surface area contributed by atoms with Crippen LogP contribution in [0.3, 0.4) is 0 Å². The summed E-state index contributed by atoms with van der Waals surface area (Å²) in [4.78, 5) is 4.18. The molecule has 1 aromatic carbocycles. The summed E-state index contributed by atoms with van der Waals surface area (Å²) in [5.74, 6) is 2.14. The minimum absolute atomic E-state index is 0.443. The zero-order chi connectivity index (χ0) is 13.7. The molecule has 0 radical (unpaired) electrons. The van der Waals surface area contributed by atoms with E-state index in [0.717, 1.165) is 5.56 Å². The number of benzene rings is 1. The number of hydrogen-bond donors (Lipinski definition) is 1. The van der Waals surface area contributed by atoms with Crippen LogP contribution in [0.4, 0.5) is 0 Å². The minimum atomic E-state index is 0.443. The third-order valence-electron chi connectivity index (χ3n) is 2.59. The van der Waals surface area contributed by atoms with Gasteiger partial charge in [-0.15, -0.1) is 0 Å². The molecule has 1 aromatic heterocycles. The fraction of sp³-hybridized carbons (Fsp3) is 0.214. The van der Waals surface area contributed by atoms with Gasteiger partial charge < -0.3 is 19.9 Å². The summed E-state index contributed by atoms with van der Waals surface area (Å²) in [6.45, 7) is 0.452. The highest BCUT2D eigenvalue weighted by atomic mass is 16.5. The molecule has 5 nitrogen and oxygen atoms in total. The molecule has 0 unspecified atom stereocenters. The van der Waals surface area contributed by atoms with Crippen molar-refractivity contribution in [3.8, 4) is 23.3 Å². The van der Waals surface area contributed by atoms with Gasteiger partial charge in [0.15, 0.2) is 11.5 Å². The molecule has 100 valence electrons. The highest BCUT2D eigenvalue weighted by molar-refractivity contribution is 5.44. The first-order chi connectivity index (χ1) is 9.26. The topological polar surface area (TPSA) is 66.6 Å². The molecule has 2 aromatic rings. The quantitative estimate of drug-likeness (QED) is 0.893. The Morgan fingerprint density at radius 1 is 1.00 bits per heavy atom. The Hall–Kier alpha value is -2.27. The molecule has 2 N–H and O–H groups in total.